The van der Waals surface area contributed by atoms with Crippen LogP contribution in [0.3, 0.4) is 0 Å². The molecule has 1 aliphatic heterocycles. The van der Waals surface area contributed by atoms with E-state index in [-0.39, 0.29) is 15.7 Å². The van der Waals surface area contributed by atoms with Gasteiger partial charge in [-0.15, -0.1) is 0 Å². The Morgan fingerprint density at radius 1 is 1.00 bits per heavy atom. The molecule has 9 nitrogen and oxygen atoms in total. The van der Waals surface area contributed by atoms with Gasteiger partial charge in [0.15, 0.2) is 14.9 Å². The third-order valence-electron chi connectivity index (χ3n) is 6.44. The predicted molar refractivity (Wildman–Crippen MR) is 135 cm³/mol. The maximum absolute atomic E-state index is 13.3. The lowest BCUT2D eigenvalue weighted by Crippen LogP contribution is -2.40. The van der Waals surface area contributed by atoms with Crippen LogP contribution in [-0.2, 0) is 19.9 Å². The van der Waals surface area contributed by atoms with Crippen LogP contribution < -0.4 is 14.9 Å². The van der Waals surface area contributed by atoms with Crippen molar-refractivity contribution in [3.8, 4) is 0 Å². The molecule has 2 aliphatic rings. The largest absolute Gasteiger partial charge is 0.371 e. The SMILES string of the molecule is CC(C)(C)NS(=O)(=O)c1cccc(NC(=O)c2ccc(S(C)(=O)=O)cc2N2CCC3(CC2)CC3)n1. The Bertz CT molecular complexity index is 1350. The summed E-state index contributed by atoms with van der Waals surface area (Å²) in [6.07, 6.45) is 5.63. The molecule has 1 saturated heterocycles. The van der Waals surface area contributed by atoms with E-state index in [1.54, 1.807) is 26.8 Å². The van der Waals surface area contributed by atoms with Crippen molar-refractivity contribution in [1.82, 2.24) is 9.71 Å². The van der Waals surface area contributed by atoms with Gasteiger partial charge in [-0.1, -0.05) is 6.07 Å². The van der Waals surface area contributed by atoms with Crippen molar-refractivity contribution in [2.45, 2.75) is 61.9 Å². The molecule has 1 aromatic heterocycles. The van der Waals surface area contributed by atoms with Crippen LogP contribution in [0.4, 0.5) is 11.5 Å². The monoisotopic (exact) mass is 520 g/mol. The summed E-state index contributed by atoms with van der Waals surface area (Å²) >= 11 is 0. The Kier molecular flexibility index (Phi) is 6.48. The van der Waals surface area contributed by atoms with Crippen molar-refractivity contribution in [3.63, 3.8) is 0 Å². The van der Waals surface area contributed by atoms with Gasteiger partial charge < -0.3 is 10.2 Å². The van der Waals surface area contributed by atoms with Gasteiger partial charge in [0, 0.05) is 24.9 Å². The highest BCUT2D eigenvalue weighted by molar-refractivity contribution is 7.90. The molecule has 4 rings (SSSR count). The number of anilines is 2. The van der Waals surface area contributed by atoms with E-state index in [9.17, 15) is 21.6 Å². The fourth-order valence-electron chi connectivity index (χ4n) is 4.37. The molecule has 1 aromatic carbocycles. The van der Waals surface area contributed by atoms with Crippen LogP contribution in [0.1, 0.15) is 56.8 Å². The topological polar surface area (TPSA) is 126 Å². The summed E-state index contributed by atoms with van der Waals surface area (Å²) in [6.45, 7) is 6.67. The lowest BCUT2D eigenvalue weighted by atomic mass is 9.93. The van der Waals surface area contributed by atoms with Crippen molar-refractivity contribution < 1.29 is 21.6 Å². The van der Waals surface area contributed by atoms with Crippen molar-refractivity contribution in [2.75, 3.05) is 29.6 Å². The highest BCUT2D eigenvalue weighted by Crippen LogP contribution is 2.54. The summed E-state index contributed by atoms with van der Waals surface area (Å²) < 4.78 is 52.2. The minimum absolute atomic E-state index is 0.0838. The predicted octanol–water partition coefficient (Wildman–Crippen LogP) is 3.19. The Morgan fingerprint density at radius 2 is 1.66 bits per heavy atom. The lowest BCUT2D eigenvalue weighted by Gasteiger charge is -2.35. The fraction of sp³-hybridized carbons (Fsp3) is 0.500. The molecule has 1 saturated carbocycles. The van der Waals surface area contributed by atoms with Gasteiger partial charge in [0.1, 0.15) is 5.82 Å². The first kappa shape index (κ1) is 25.6. The molecule has 35 heavy (non-hydrogen) atoms. The molecule has 0 unspecified atom stereocenters. The number of rotatable bonds is 6. The smallest absolute Gasteiger partial charge is 0.258 e. The van der Waals surface area contributed by atoms with Crippen LogP contribution in [0.25, 0.3) is 0 Å². The van der Waals surface area contributed by atoms with E-state index in [0.717, 1.165) is 32.2 Å². The summed E-state index contributed by atoms with van der Waals surface area (Å²) in [5.41, 5.74) is 0.597. The molecular formula is C24H32N4O5S2. The number of hydrogen-bond acceptors (Lipinski definition) is 7. The van der Waals surface area contributed by atoms with E-state index < -0.39 is 31.3 Å². The molecule has 0 bridgehead atoms. The Hall–Kier alpha value is -2.50. The number of carbonyl (C=O) groups excluding carboxylic acids is 1. The molecule has 0 atom stereocenters. The van der Waals surface area contributed by atoms with E-state index in [1.165, 1.54) is 43.2 Å². The van der Waals surface area contributed by atoms with Crippen LogP contribution in [-0.4, -0.2) is 52.6 Å². The zero-order valence-electron chi connectivity index (χ0n) is 20.5. The number of carbonyl (C=O) groups is 1. The molecule has 2 aromatic rings. The Balaban J connectivity index is 1.62. The number of nitrogens with zero attached hydrogens (tertiary/aromatic N) is 2. The highest BCUT2D eigenvalue weighted by Gasteiger charge is 2.44. The second-order valence-corrected chi connectivity index (χ2v) is 14.3. The number of piperidine rings is 1. The van der Waals surface area contributed by atoms with Crippen LogP contribution in [0, 0.1) is 5.41 Å². The maximum atomic E-state index is 13.3. The maximum Gasteiger partial charge on any atom is 0.258 e. The van der Waals surface area contributed by atoms with Crippen LogP contribution in [0.5, 0.6) is 0 Å². The zero-order valence-corrected chi connectivity index (χ0v) is 22.1. The van der Waals surface area contributed by atoms with Gasteiger partial charge in [-0.25, -0.2) is 26.5 Å². The molecule has 190 valence electrons. The quantitative estimate of drug-likeness (QED) is 0.599. The molecule has 11 heteroatoms. The first-order chi connectivity index (χ1) is 16.2. The number of benzene rings is 1. The molecule has 1 spiro atoms. The Morgan fingerprint density at radius 3 is 2.23 bits per heavy atom. The first-order valence-electron chi connectivity index (χ1n) is 11.6. The third kappa shape index (κ3) is 6.02. The van der Waals surface area contributed by atoms with E-state index in [4.69, 9.17) is 0 Å². The first-order valence-corrected chi connectivity index (χ1v) is 15.0. The highest BCUT2D eigenvalue weighted by atomic mass is 32.2. The number of aromatic nitrogens is 1. The van der Waals surface area contributed by atoms with Gasteiger partial charge in [0.25, 0.3) is 15.9 Å². The molecular weight excluding hydrogens is 488 g/mol. The average molecular weight is 521 g/mol. The summed E-state index contributed by atoms with van der Waals surface area (Å²) in [6, 6.07) is 8.85. The summed E-state index contributed by atoms with van der Waals surface area (Å²) in [4.78, 5) is 19.6. The van der Waals surface area contributed by atoms with Gasteiger partial charge in [-0.05, 0) is 82.2 Å². The Labute approximate surface area is 207 Å². The minimum Gasteiger partial charge on any atom is -0.371 e. The van der Waals surface area contributed by atoms with E-state index in [2.05, 4.69) is 19.9 Å². The second-order valence-electron chi connectivity index (χ2n) is 10.6. The fourth-order valence-corrected chi connectivity index (χ4v) is 6.40. The lowest BCUT2D eigenvalue weighted by molar-refractivity contribution is 0.102. The molecule has 2 fully saturated rings. The molecule has 2 N–H and O–H groups in total. The number of amides is 1. The van der Waals surface area contributed by atoms with Crippen LogP contribution >= 0.6 is 0 Å². The van der Waals surface area contributed by atoms with Gasteiger partial charge >= 0.3 is 0 Å². The van der Waals surface area contributed by atoms with Crippen LogP contribution in [0.15, 0.2) is 46.3 Å². The van der Waals surface area contributed by atoms with Crippen molar-refractivity contribution >= 4 is 37.3 Å². The number of nitrogens with one attached hydrogen (secondary N) is 2. The number of sulfone groups is 1. The summed E-state index contributed by atoms with van der Waals surface area (Å²) in [5, 5.41) is 2.48. The number of sulfonamides is 1. The van der Waals surface area contributed by atoms with Crippen molar-refractivity contribution in [1.29, 1.82) is 0 Å². The molecule has 1 amide bonds. The molecule has 0 radical (unpaired) electrons. The zero-order chi connectivity index (χ0) is 25.6. The van der Waals surface area contributed by atoms with Gasteiger partial charge in [-0.3, -0.25) is 4.79 Å². The molecule has 2 heterocycles. The van der Waals surface area contributed by atoms with E-state index >= 15 is 0 Å². The van der Waals surface area contributed by atoms with E-state index in [0.29, 0.717) is 16.7 Å². The third-order valence-corrected chi connectivity index (χ3v) is 9.21. The normalized spacial score (nSPS) is 17.9. The summed E-state index contributed by atoms with van der Waals surface area (Å²) in [7, 11) is -7.34. The van der Waals surface area contributed by atoms with Gasteiger partial charge in [-0.2, -0.15) is 0 Å². The van der Waals surface area contributed by atoms with Crippen molar-refractivity contribution in [3.05, 3.63) is 42.0 Å². The minimum atomic E-state index is -3.88. The standard InChI is InChI=1S/C24H32N4O5S2/c1-23(2,3)27-35(32,33)21-7-5-6-20(25-21)26-22(29)18-9-8-17(34(4,30)31)16-19(18)28-14-12-24(10-11-24)13-15-28/h5-9,16,27H,10-15H2,1-4H3,(H,25,26,29). The van der Waals surface area contributed by atoms with E-state index in [1.807, 2.05) is 0 Å². The average Bonchev–Trinajstić information content (AvgIpc) is 3.50. The van der Waals surface area contributed by atoms with Crippen LogP contribution in [0.2, 0.25) is 0 Å². The molecule has 1 aliphatic carbocycles. The second kappa shape index (κ2) is 8.86. The summed E-state index contributed by atoms with van der Waals surface area (Å²) in [5.74, 6) is -0.405. The van der Waals surface area contributed by atoms with Gasteiger partial charge in [0.05, 0.1) is 16.1 Å². The number of hydrogen-bond donors (Lipinski definition) is 2. The van der Waals surface area contributed by atoms with Gasteiger partial charge in [0.2, 0.25) is 0 Å². The van der Waals surface area contributed by atoms with Crippen molar-refractivity contribution in [2.24, 2.45) is 5.41 Å². The number of pyridine rings is 1.